The zero-order valence-corrected chi connectivity index (χ0v) is 20.2. The second-order valence-electron chi connectivity index (χ2n) is 8.99. The molecule has 36 heavy (non-hydrogen) atoms. The molecule has 1 aliphatic carbocycles. The number of ether oxygens (including phenoxy) is 4. The SMILES string of the molecule is COc1ccc(C2(O)C(C)=C(c3ccc4c(c3)OCO4)c3ccc(OCc4ccccc4)cc32)cc1. The number of hydrogen-bond acceptors (Lipinski definition) is 5. The molecule has 1 atom stereocenters. The van der Waals surface area contributed by atoms with Crippen LogP contribution in [0, 0.1) is 0 Å². The zero-order chi connectivity index (χ0) is 24.7. The minimum atomic E-state index is -1.33. The van der Waals surface area contributed by atoms with E-state index >= 15 is 0 Å². The van der Waals surface area contributed by atoms with Crippen LogP contribution in [0.5, 0.6) is 23.0 Å². The maximum atomic E-state index is 12.4. The van der Waals surface area contributed by atoms with Gasteiger partial charge in [0, 0.05) is 5.56 Å². The van der Waals surface area contributed by atoms with Crippen LogP contribution in [0.15, 0.2) is 96.6 Å². The number of fused-ring (bicyclic) bond motifs is 2. The molecule has 1 heterocycles. The molecule has 6 rings (SSSR count). The van der Waals surface area contributed by atoms with Crippen molar-refractivity contribution in [2.75, 3.05) is 13.9 Å². The Balaban J connectivity index is 1.46. The monoisotopic (exact) mass is 478 g/mol. The standard InChI is InChI=1S/C31H26O5/c1-20-30(22-8-15-28-29(16-22)36-19-35-28)26-14-13-25(34-18-21-6-4-3-5-7-21)17-27(26)31(20,32)23-9-11-24(33-2)12-10-23/h3-17,32H,18-19H2,1-2H3. The van der Waals surface area contributed by atoms with Gasteiger partial charge in [-0.25, -0.2) is 0 Å². The van der Waals surface area contributed by atoms with Crippen molar-refractivity contribution in [2.24, 2.45) is 0 Å². The van der Waals surface area contributed by atoms with Gasteiger partial charge in [0.15, 0.2) is 11.5 Å². The summed E-state index contributed by atoms with van der Waals surface area (Å²) in [6, 6.07) is 29.4. The van der Waals surface area contributed by atoms with Crippen LogP contribution in [0.4, 0.5) is 0 Å². The Kier molecular flexibility index (Phi) is 5.42. The quantitative estimate of drug-likeness (QED) is 0.364. The van der Waals surface area contributed by atoms with E-state index in [9.17, 15) is 5.11 Å². The van der Waals surface area contributed by atoms with Crippen molar-refractivity contribution < 1.29 is 24.1 Å². The Morgan fingerprint density at radius 2 is 1.58 bits per heavy atom. The summed E-state index contributed by atoms with van der Waals surface area (Å²) in [5, 5.41) is 12.4. The molecule has 0 amide bonds. The first-order chi connectivity index (χ1) is 17.6. The average molecular weight is 479 g/mol. The van der Waals surface area contributed by atoms with Crippen LogP contribution in [0.1, 0.15) is 34.7 Å². The number of aliphatic hydroxyl groups is 1. The molecule has 0 spiro atoms. The lowest BCUT2D eigenvalue weighted by atomic mass is 9.83. The largest absolute Gasteiger partial charge is 0.497 e. The highest BCUT2D eigenvalue weighted by Crippen LogP contribution is 2.52. The number of hydrogen-bond donors (Lipinski definition) is 1. The van der Waals surface area contributed by atoms with E-state index < -0.39 is 5.60 Å². The van der Waals surface area contributed by atoms with E-state index in [0.717, 1.165) is 50.5 Å². The van der Waals surface area contributed by atoms with Crippen LogP contribution in [-0.2, 0) is 12.2 Å². The maximum Gasteiger partial charge on any atom is 0.231 e. The molecule has 2 aliphatic rings. The summed E-state index contributed by atoms with van der Waals surface area (Å²) < 4.78 is 22.6. The first-order valence-electron chi connectivity index (χ1n) is 11.9. The summed E-state index contributed by atoms with van der Waals surface area (Å²) in [6.07, 6.45) is 0. The molecule has 0 bridgehead atoms. The third-order valence-corrected chi connectivity index (χ3v) is 6.99. The van der Waals surface area contributed by atoms with Gasteiger partial charge in [0.25, 0.3) is 0 Å². The lowest BCUT2D eigenvalue weighted by molar-refractivity contribution is 0.124. The minimum Gasteiger partial charge on any atom is -0.497 e. The van der Waals surface area contributed by atoms with Gasteiger partial charge in [0.1, 0.15) is 23.7 Å². The fourth-order valence-electron chi connectivity index (χ4n) is 5.08. The lowest BCUT2D eigenvalue weighted by Crippen LogP contribution is -2.26. The zero-order valence-electron chi connectivity index (χ0n) is 20.2. The molecule has 4 aromatic carbocycles. The Labute approximate surface area is 210 Å². The maximum absolute atomic E-state index is 12.4. The molecule has 0 fully saturated rings. The molecule has 4 aromatic rings. The molecular formula is C31H26O5. The van der Waals surface area contributed by atoms with Crippen LogP contribution in [0.3, 0.4) is 0 Å². The Morgan fingerprint density at radius 3 is 2.36 bits per heavy atom. The van der Waals surface area contributed by atoms with E-state index in [-0.39, 0.29) is 6.79 Å². The van der Waals surface area contributed by atoms with Crippen molar-refractivity contribution in [3.8, 4) is 23.0 Å². The molecule has 0 saturated carbocycles. The molecule has 180 valence electrons. The predicted octanol–water partition coefficient (Wildman–Crippen LogP) is 6.07. The molecule has 0 aromatic heterocycles. The van der Waals surface area contributed by atoms with Crippen molar-refractivity contribution in [3.63, 3.8) is 0 Å². The smallest absolute Gasteiger partial charge is 0.231 e. The Bertz CT molecular complexity index is 1460. The van der Waals surface area contributed by atoms with E-state index in [1.54, 1.807) is 7.11 Å². The summed E-state index contributed by atoms with van der Waals surface area (Å²) in [5.74, 6) is 2.87. The van der Waals surface area contributed by atoms with Gasteiger partial charge in [-0.3, -0.25) is 0 Å². The van der Waals surface area contributed by atoms with E-state index in [1.807, 2.05) is 97.9 Å². The third-order valence-electron chi connectivity index (χ3n) is 6.99. The van der Waals surface area contributed by atoms with Gasteiger partial charge in [-0.15, -0.1) is 0 Å². The molecule has 0 radical (unpaired) electrons. The second kappa shape index (κ2) is 8.77. The van der Waals surface area contributed by atoms with Gasteiger partial charge in [0.05, 0.1) is 7.11 Å². The van der Waals surface area contributed by atoms with Crippen molar-refractivity contribution in [1.82, 2.24) is 0 Å². The molecule has 1 aliphatic heterocycles. The summed E-state index contributed by atoms with van der Waals surface area (Å²) in [7, 11) is 1.63. The number of rotatable bonds is 6. The van der Waals surface area contributed by atoms with Gasteiger partial charge in [-0.05, 0) is 76.7 Å². The number of methoxy groups -OCH3 is 1. The van der Waals surface area contributed by atoms with Crippen LogP contribution in [0.25, 0.3) is 5.57 Å². The van der Waals surface area contributed by atoms with Crippen LogP contribution in [-0.4, -0.2) is 19.0 Å². The van der Waals surface area contributed by atoms with E-state index in [4.69, 9.17) is 18.9 Å². The van der Waals surface area contributed by atoms with Gasteiger partial charge >= 0.3 is 0 Å². The predicted molar refractivity (Wildman–Crippen MR) is 137 cm³/mol. The van der Waals surface area contributed by atoms with Crippen LogP contribution >= 0.6 is 0 Å². The van der Waals surface area contributed by atoms with Crippen molar-refractivity contribution >= 4 is 5.57 Å². The van der Waals surface area contributed by atoms with Crippen LogP contribution < -0.4 is 18.9 Å². The summed E-state index contributed by atoms with van der Waals surface area (Å²) in [4.78, 5) is 0. The molecular weight excluding hydrogens is 452 g/mol. The van der Waals surface area contributed by atoms with Gasteiger partial charge < -0.3 is 24.1 Å². The first kappa shape index (κ1) is 22.3. The molecule has 0 saturated heterocycles. The van der Waals surface area contributed by atoms with E-state index in [1.165, 1.54) is 0 Å². The second-order valence-corrected chi connectivity index (χ2v) is 8.99. The van der Waals surface area contributed by atoms with Gasteiger partial charge in [-0.2, -0.15) is 0 Å². The molecule has 1 unspecified atom stereocenters. The third kappa shape index (κ3) is 3.60. The molecule has 5 heteroatoms. The normalized spacial score (nSPS) is 17.8. The molecule has 5 nitrogen and oxygen atoms in total. The first-order valence-corrected chi connectivity index (χ1v) is 11.9. The summed E-state index contributed by atoms with van der Waals surface area (Å²) in [5.41, 5.74) is 5.01. The highest BCUT2D eigenvalue weighted by Gasteiger charge is 2.44. The highest BCUT2D eigenvalue weighted by atomic mass is 16.7. The van der Waals surface area contributed by atoms with Gasteiger partial charge in [0.2, 0.25) is 6.79 Å². The number of benzene rings is 4. The molecule has 1 N–H and O–H groups in total. The lowest BCUT2D eigenvalue weighted by Gasteiger charge is -2.28. The van der Waals surface area contributed by atoms with Gasteiger partial charge in [-0.1, -0.05) is 54.6 Å². The van der Waals surface area contributed by atoms with Crippen molar-refractivity contribution in [2.45, 2.75) is 19.1 Å². The summed E-state index contributed by atoms with van der Waals surface area (Å²) >= 11 is 0. The minimum absolute atomic E-state index is 0.214. The fraction of sp³-hybridized carbons (Fsp3) is 0.161. The van der Waals surface area contributed by atoms with Crippen LogP contribution in [0.2, 0.25) is 0 Å². The van der Waals surface area contributed by atoms with Crippen molar-refractivity contribution in [1.29, 1.82) is 0 Å². The van der Waals surface area contributed by atoms with E-state index in [2.05, 4.69) is 0 Å². The average Bonchev–Trinajstić information content (AvgIpc) is 3.48. The van der Waals surface area contributed by atoms with Crippen molar-refractivity contribution in [3.05, 3.63) is 124 Å². The topological polar surface area (TPSA) is 57.2 Å². The Hall–Kier alpha value is -4.22. The Morgan fingerprint density at radius 1 is 0.833 bits per heavy atom. The fourth-order valence-corrected chi connectivity index (χ4v) is 5.08. The van der Waals surface area contributed by atoms with E-state index in [0.29, 0.717) is 18.1 Å². The summed E-state index contributed by atoms with van der Waals surface area (Å²) in [6.45, 7) is 2.64. The highest BCUT2D eigenvalue weighted by molar-refractivity contribution is 5.91.